The number of hydrogen-bond acceptors (Lipinski definition) is 5. The molecule has 2 rings (SSSR count). The average molecular weight is 379 g/mol. The van der Waals surface area contributed by atoms with Gasteiger partial charge < -0.3 is 14.6 Å². The molecular formula is C19H25NO5S. The van der Waals surface area contributed by atoms with Crippen LogP contribution in [0.1, 0.15) is 25.5 Å². The molecule has 1 N–H and O–H groups in total. The van der Waals surface area contributed by atoms with Crippen molar-refractivity contribution in [1.82, 2.24) is 4.31 Å². The Morgan fingerprint density at radius 2 is 1.73 bits per heavy atom. The van der Waals surface area contributed by atoms with Gasteiger partial charge in [0.05, 0.1) is 24.2 Å². The zero-order valence-corrected chi connectivity index (χ0v) is 16.2. The first-order valence-electron chi connectivity index (χ1n) is 8.29. The zero-order valence-electron chi connectivity index (χ0n) is 15.4. The highest BCUT2D eigenvalue weighted by molar-refractivity contribution is 7.89. The van der Waals surface area contributed by atoms with Gasteiger partial charge in [0.2, 0.25) is 10.0 Å². The van der Waals surface area contributed by atoms with Gasteiger partial charge in [-0.1, -0.05) is 12.1 Å². The summed E-state index contributed by atoms with van der Waals surface area (Å²) in [5, 5.41) is 10.4. The fourth-order valence-corrected chi connectivity index (χ4v) is 3.62. The molecule has 0 heterocycles. The molecule has 26 heavy (non-hydrogen) atoms. The number of nitrogens with zero attached hydrogens (tertiary/aromatic N) is 1. The molecule has 0 aliphatic rings. The van der Waals surface area contributed by atoms with E-state index in [-0.39, 0.29) is 17.5 Å². The topological polar surface area (TPSA) is 76.1 Å². The normalized spacial score (nSPS) is 13.0. The minimum absolute atomic E-state index is 0.0122. The number of likely N-dealkylation sites (N-methyl/N-ethyl adjacent to an activating group) is 1. The van der Waals surface area contributed by atoms with Crippen LogP contribution in [0.25, 0.3) is 0 Å². The summed E-state index contributed by atoms with van der Waals surface area (Å²) < 4.78 is 37.2. The van der Waals surface area contributed by atoms with Gasteiger partial charge >= 0.3 is 0 Å². The highest BCUT2D eigenvalue weighted by Gasteiger charge is 2.24. The summed E-state index contributed by atoms with van der Waals surface area (Å²) in [7, 11) is -0.738. The summed E-state index contributed by atoms with van der Waals surface area (Å²) in [6.07, 6.45) is -0.952. The maximum atomic E-state index is 12.7. The first-order chi connectivity index (χ1) is 12.2. The Balaban J connectivity index is 2.12. The average Bonchev–Trinajstić information content (AvgIpc) is 2.61. The number of benzene rings is 2. The molecule has 0 radical (unpaired) electrons. The smallest absolute Gasteiger partial charge is 0.242 e. The number of sulfonamides is 1. The highest BCUT2D eigenvalue weighted by Crippen LogP contribution is 2.23. The van der Waals surface area contributed by atoms with Crippen LogP contribution in [-0.2, 0) is 10.0 Å². The van der Waals surface area contributed by atoms with Crippen molar-refractivity contribution in [2.75, 3.05) is 20.7 Å². The third kappa shape index (κ3) is 4.97. The van der Waals surface area contributed by atoms with Gasteiger partial charge in [0.1, 0.15) is 11.5 Å². The Morgan fingerprint density at radius 3 is 2.31 bits per heavy atom. The molecule has 0 fully saturated rings. The monoisotopic (exact) mass is 379 g/mol. The SMILES string of the molecule is COc1cccc(C(O)CN(C)S(=O)(=O)c2ccc(OC(C)C)cc2)c1. The van der Waals surface area contributed by atoms with Crippen molar-refractivity contribution in [2.24, 2.45) is 0 Å². The Hall–Kier alpha value is -2.09. The second-order valence-corrected chi connectivity index (χ2v) is 8.26. The molecule has 0 saturated heterocycles. The van der Waals surface area contributed by atoms with E-state index < -0.39 is 16.1 Å². The van der Waals surface area contributed by atoms with Crippen LogP contribution in [0.2, 0.25) is 0 Å². The summed E-state index contributed by atoms with van der Waals surface area (Å²) in [6, 6.07) is 13.2. The third-order valence-electron chi connectivity index (χ3n) is 3.81. The number of aliphatic hydroxyl groups is 1. The number of rotatable bonds is 8. The van der Waals surface area contributed by atoms with Crippen LogP contribution < -0.4 is 9.47 Å². The summed E-state index contributed by atoms with van der Waals surface area (Å²) in [5.41, 5.74) is 0.590. The van der Waals surface area contributed by atoms with Gasteiger partial charge in [-0.15, -0.1) is 0 Å². The molecule has 0 aliphatic heterocycles. The van der Waals surface area contributed by atoms with E-state index in [9.17, 15) is 13.5 Å². The van der Waals surface area contributed by atoms with Crippen molar-refractivity contribution in [3.05, 3.63) is 54.1 Å². The van der Waals surface area contributed by atoms with Crippen LogP contribution in [0.3, 0.4) is 0 Å². The summed E-state index contributed by atoms with van der Waals surface area (Å²) in [4.78, 5) is 0.147. The second kappa shape index (κ2) is 8.53. The molecule has 0 amide bonds. The maximum absolute atomic E-state index is 12.7. The minimum Gasteiger partial charge on any atom is -0.497 e. The molecule has 1 atom stereocenters. The van der Waals surface area contributed by atoms with Crippen LogP contribution in [0.5, 0.6) is 11.5 Å². The molecule has 7 heteroatoms. The van der Waals surface area contributed by atoms with E-state index in [4.69, 9.17) is 9.47 Å². The van der Waals surface area contributed by atoms with Crippen molar-refractivity contribution in [2.45, 2.75) is 31.0 Å². The summed E-state index contributed by atoms with van der Waals surface area (Å²) in [6.45, 7) is 3.73. The van der Waals surface area contributed by atoms with Crippen molar-refractivity contribution in [3.63, 3.8) is 0 Å². The van der Waals surface area contributed by atoms with E-state index >= 15 is 0 Å². The molecule has 142 valence electrons. The van der Waals surface area contributed by atoms with Gasteiger partial charge in [-0.05, 0) is 55.8 Å². The van der Waals surface area contributed by atoms with E-state index in [0.717, 1.165) is 4.31 Å². The molecule has 0 aromatic heterocycles. The van der Waals surface area contributed by atoms with Crippen LogP contribution in [0, 0.1) is 0 Å². The molecule has 1 unspecified atom stereocenters. The van der Waals surface area contributed by atoms with Crippen molar-refractivity contribution >= 4 is 10.0 Å². The maximum Gasteiger partial charge on any atom is 0.242 e. The van der Waals surface area contributed by atoms with Gasteiger partial charge in [0.15, 0.2) is 0 Å². The first kappa shape index (κ1) is 20.2. The van der Waals surface area contributed by atoms with Crippen molar-refractivity contribution < 1.29 is 23.0 Å². The van der Waals surface area contributed by atoms with Crippen LogP contribution in [0.4, 0.5) is 0 Å². The van der Waals surface area contributed by atoms with Crippen molar-refractivity contribution in [3.8, 4) is 11.5 Å². The molecular weight excluding hydrogens is 354 g/mol. The molecule has 0 saturated carbocycles. The molecule has 6 nitrogen and oxygen atoms in total. The van der Waals surface area contributed by atoms with E-state index in [2.05, 4.69) is 0 Å². The molecule has 2 aromatic carbocycles. The fourth-order valence-electron chi connectivity index (χ4n) is 2.44. The van der Waals surface area contributed by atoms with Gasteiger partial charge in [-0.3, -0.25) is 0 Å². The van der Waals surface area contributed by atoms with Crippen molar-refractivity contribution in [1.29, 1.82) is 0 Å². The summed E-state index contributed by atoms with van der Waals surface area (Å²) in [5.74, 6) is 1.21. The Labute approximate surface area is 155 Å². The lowest BCUT2D eigenvalue weighted by Gasteiger charge is -2.21. The second-order valence-electron chi connectivity index (χ2n) is 6.22. The Kier molecular flexibility index (Phi) is 6.63. The molecule has 0 spiro atoms. The lowest BCUT2D eigenvalue weighted by molar-refractivity contribution is 0.154. The van der Waals surface area contributed by atoms with E-state index in [1.807, 2.05) is 13.8 Å². The van der Waals surface area contributed by atoms with Gasteiger partial charge in [0, 0.05) is 13.6 Å². The first-order valence-corrected chi connectivity index (χ1v) is 9.73. The number of ether oxygens (including phenoxy) is 2. The molecule has 2 aromatic rings. The van der Waals surface area contributed by atoms with Gasteiger partial charge in [-0.25, -0.2) is 8.42 Å². The zero-order chi connectivity index (χ0) is 19.3. The largest absolute Gasteiger partial charge is 0.497 e. The lowest BCUT2D eigenvalue weighted by Crippen LogP contribution is -2.31. The van der Waals surface area contributed by atoms with Crippen LogP contribution in [-0.4, -0.2) is 44.6 Å². The van der Waals surface area contributed by atoms with E-state index in [1.54, 1.807) is 36.4 Å². The number of aliphatic hydroxyl groups excluding tert-OH is 1. The van der Waals surface area contributed by atoms with Gasteiger partial charge in [0.25, 0.3) is 0 Å². The Morgan fingerprint density at radius 1 is 1.08 bits per heavy atom. The predicted molar refractivity (Wildman–Crippen MR) is 100.0 cm³/mol. The van der Waals surface area contributed by atoms with Crippen LogP contribution in [0.15, 0.2) is 53.4 Å². The lowest BCUT2D eigenvalue weighted by atomic mass is 10.1. The third-order valence-corrected chi connectivity index (χ3v) is 5.65. The standard InChI is InChI=1S/C19H25NO5S/c1-14(2)25-16-8-10-18(11-9-16)26(22,23)20(3)13-19(21)15-6-5-7-17(12-15)24-4/h5-12,14,19,21H,13H2,1-4H3. The predicted octanol–water partition coefficient (Wildman–Crippen LogP) is 2.84. The molecule has 0 aliphatic carbocycles. The van der Waals surface area contributed by atoms with E-state index in [1.165, 1.54) is 26.3 Å². The number of methoxy groups -OCH3 is 1. The summed E-state index contributed by atoms with van der Waals surface area (Å²) >= 11 is 0. The minimum atomic E-state index is -3.72. The molecule has 0 bridgehead atoms. The van der Waals surface area contributed by atoms with E-state index in [0.29, 0.717) is 17.1 Å². The quantitative estimate of drug-likeness (QED) is 0.763. The van der Waals surface area contributed by atoms with Crippen LogP contribution >= 0.6 is 0 Å². The number of hydrogen-bond donors (Lipinski definition) is 1. The Bertz CT molecular complexity index is 818. The highest BCUT2D eigenvalue weighted by atomic mass is 32.2. The fraction of sp³-hybridized carbons (Fsp3) is 0.368. The van der Waals surface area contributed by atoms with Gasteiger partial charge in [-0.2, -0.15) is 4.31 Å².